The maximum atomic E-state index is 13.5. The van der Waals surface area contributed by atoms with Crippen LogP contribution in [-0.2, 0) is 11.0 Å². The first-order valence-corrected chi connectivity index (χ1v) is 10.5. The van der Waals surface area contributed by atoms with Gasteiger partial charge in [-0.25, -0.2) is 4.57 Å². The average Bonchev–Trinajstić information content (AvgIpc) is 2.66. The van der Waals surface area contributed by atoms with E-state index in [4.69, 9.17) is 9.05 Å². The largest absolute Gasteiger partial charge is 0.541 e. The highest BCUT2D eigenvalue weighted by Gasteiger charge is 2.29. The highest BCUT2D eigenvalue weighted by atomic mass is 31.2. The Bertz CT molecular complexity index is 868. The summed E-state index contributed by atoms with van der Waals surface area (Å²) >= 11 is 0. The van der Waals surface area contributed by atoms with Crippen molar-refractivity contribution in [3.8, 4) is 11.5 Å². The van der Waals surface area contributed by atoms with Crippen LogP contribution in [0.1, 0.15) is 23.6 Å². The van der Waals surface area contributed by atoms with Gasteiger partial charge in [-0.1, -0.05) is 54.4 Å². The summed E-state index contributed by atoms with van der Waals surface area (Å²) in [6, 6.07) is 22.5. The molecule has 0 aliphatic rings. The van der Waals surface area contributed by atoms with Crippen molar-refractivity contribution in [2.75, 3.05) is 5.09 Å². The summed E-state index contributed by atoms with van der Waals surface area (Å²) < 4.78 is 25.0. The predicted octanol–water partition coefficient (Wildman–Crippen LogP) is 6.54. The van der Waals surface area contributed by atoms with Gasteiger partial charge < -0.3 is 9.05 Å². The molecule has 27 heavy (non-hydrogen) atoms. The van der Waals surface area contributed by atoms with Crippen molar-refractivity contribution in [2.24, 2.45) is 0 Å². The van der Waals surface area contributed by atoms with Gasteiger partial charge in [0.2, 0.25) is 0 Å². The van der Waals surface area contributed by atoms with Gasteiger partial charge in [0.15, 0.2) is 0 Å². The van der Waals surface area contributed by atoms with Crippen molar-refractivity contribution in [1.29, 1.82) is 0 Å². The molecule has 0 radical (unpaired) electrons. The second-order valence-corrected chi connectivity index (χ2v) is 8.05. The monoisotopic (exact) mass is 381 g/mol. The molecule has 3 rings (SSSR count). The van der Waals surface area contributed by atoms with Crippen LogP contribution in [-0.4, -0.2) is 0 Å². The fourth-order valence-electron chi connectivity index (χ4n) is 2.51. The standard InChI is InChI=1S/C22H24NO3P/c1-4-19-9-11-20(12-10-19)23-27(24,25-21-13-5-17(2)6-14-21)26-22-15-7-18(3)8-16-22/h5-16H,4H2,1-3H3,(H,23,24). The van der Waals surface area contributed by atoms with E-state index in [0.717, 1.165) is 17.5 Å². The van der Waals surface area contributed by atoms with Gasteiger partial charge in [0.05, 0.1) is 0 Å². The van der Waals surface area contributed by atoms with Gasteiger partial charge in [0.25, 0.3) is 0 Å². The lowest BCUT2D eigenvalue weighted by atomic mass is 10.2. The van der Waals surface area contributed by atoms with Crippen molar-refractivity contribution in [1.82, 2.24) is 0 Å². The maximum absolute atomic E-state index is 13.5. The van der Waals surface area contributed by atoms with Crippen LogP contribution in [0, 0.1) is 13.8 Å². The van der Waals surface area contributed by atoms with Crippen LogP contribution in [0.2, 0.25) is 0 Å². The van der Waals surface area contributed by atoms with E-state index in [0.29, 0.717) is 17.2 Å². The fraction of sp³-hybridized carbons (Fsp3) is 0.182. The van der Waals surface area contributed by atoms with Gasteiger partial charge >= 0.3 is 7.75 Å². The maximum Gasteiger partial charge on any atom is 0.541 e. The number of aryl methyl sites for hydroxylation is 3. The third-order valence-electron chi connectivity index (χ3n) is 4.12. The lowest BCUT2D eigenvalue weighted by Crippen LogP contribution is -2.10. The number of nitrogens with one attached hydrogen (secondary N) is 1. The van der Waals surface area contributed by atoms with Crippen LogP contribution in [0.5, 0.6) is 11.5 Å². The molecule has 0 bridgehead atoms. The van der Waals surface area contributed by atoms with Crippen LogP contribution < -0.4 is 14.1 Å². The first kappa shape index (κ1) is 19.1. The first-order chi connectivity index (χ1) is 13.0. The van der Waals surface area contributed by atoms with Gasteiger partial charge in [-0.15, -0.1) is 0 Å². The smallest absolute Gasteiger partial charge is 0.400 e. The van der Waals surface area contributed by atoms with E-state index in [-0.39, 0.29) is 0 Å². The Labute approximate surface area is 160 Å². The molecule has 0 aliphatic carbocycles. The summed E-state index contributed by atoms with van der Waals surface area (Å²) in [5, 5.41) is 2.94. The fourth-order valence-corrected chi connectivity index (χ4v) is 3.91. The molecule has 3 aromatic carbocycles. The average molecular weight is 381 g/mol. The highest BCUT2D eigenvalue weighted by molar-refractivity contribution is 7.56. The number of hydrogen-bond acceptors (Lipinski definition) is 3. The molecule has 0 heterocycles. The predicted molar refractivity (Wildman–Crippen MR) is 111 cm³/mol. The van der Waals surface area contributed by atoms with Gasteiger partial charge in [-0.05, 0) is 62.2 Å². The second kappa shape index (κ2) is 8.32. The molecule has 0 saturated heterocycles. The molecule has 0 atom stereocenters. The molecule has 5 heteroatoms. The van der Waals surface area contributed by atoms with Crippen molar-refractivity contribution in [3.63, 3.8) is 0 Å². The molecule has 4 nitrogen and oxygen atoms in total. The first-order valence-electron chi connectivity index (χ1n) is 8.95. The Morgan fingerprint density at radius 1 is 0.741 bits per heavy atom. The molecule has 0 amide bonds. The lowest BCUT2D eigenvalue weighted by molar-refractivity contribution is 0.393. The van der Waals surface area contributed by atoms with Crippen molar-refractivity contribution in [3.05, 3.63) is 89.5 Å². The van der Waals surface area contributed by atoms with E-state index in [2.05, 4.69) is 12.0 Å². The van der Waals surface area contributed by atoms with E-state index in [1.165, 1.54) is 5.56 Å². The zero-order valence-corrected chi connectivity index (χ0v) is 16.7. The SMILES string of the molecule is CCc1ccc(NP(=O)(Oc2ccc(C)cc2)Oc2ccc(C)cc2)cc1. The van der Waals surface area contributed by atoms with Crippen molar-refractivity contribution < 1.29 is 13.6 Å². The third kappa shape index (κ3) is 5.38. The Balaban J connectivity index is 1.87. The molecule has 0 aromatic heterocycles. The van der Waals surface area contributed by atoms with E-state index in [1.807, 2.05) is 62.4 Å². The quantitative estimate of drug-likeness (QED) is 0.472. The molecular weight excluding hydrogens is 357 g/mol. The van der Waals surface area contributed by atoms with Crippen molar-refractivity contribution >= 4 is 13.4 Å². The number of anilines is 1. The van der Waals surface area contributed by atoms with Gasteiger partial charge in [-0.2, -0.15) is 0 Å². The zero-order chi connectivity index (χ0) is 19.3. The normalized spacial score (nSPS) is 11.1. The van der Waals surface area contributed by atoms with Gasteiger partial charge in [0.1, 0.15) is 11.5 Å². The number of rotatable bonds is 7. The summed E-state index contributed by atoms with van der Waals surface area (Å²) in [7, 11) is -3.69. The second-order valence-electron chi connectivity index (χ2n) is 6.47. The van der Waals surface area contributed by atoms with E-state index in [1.54, 1.807) is 24.3 Å². The molecule has 3 aromatic rings. The van der Waals surface area contributed by atoms with Crippen LogP contribution in [0.3, 0.4) is 0 Å². The third-order valence-corrected chi connectivity index (χ3v) is 5.56. The molecule has 0 aliphatic heterocycles. The summed E-state index contributed by atoms with van der Waals surface area (Å²) in [6.45, 7) is 6.06. The molecule has 1 N–H and O–H groups in total. The Kier molecular flexibility index (Phi) is 5.88. The van der Waals surface area contributed by atoms with E-state index >= 15 is 0 Å². The van der Waals surface area contributed by atoms with Crippen LogP contribution in [0.15, 0.2) is 72.8 Å². The Morgan fingerprint density at radius 3 is 1.59 bits per heavy atom. The van der Waals surface area contributed by atoms with E-state index in [9.17, 15) is 4.57 Å². The molecule has 140 valence electrons. The minimum atomic E-state index is -3.69. The number of hydrogen-bond donors (Lipinski definition) is 1. The van der Waals surface area contributed by atoms with Gasteiger partial charge in [0, 0.05) is 5.69 Å². The molecular formula is C22H24NO3P. The summed E-state index contributed by atoms with van der Waals surface area (Å²) in [5.41, 5.74) is 4.07. The summed E-state index contributed by atoms with van der Waals surface area (Å²) in [5.74, 6) is 0.961. The molecule has 0 fully saturated rings. The van der Waals surface area contributed by atoms with Crippen LogP contribution in [0.25, 0.3) is 0 Å². The Morgan fingerprint density at radius 2 is 1.19 bits per heavy atom. The van der Waals surface area contributed by atoms with Crippen molar-refractivity contribution in [2.45, 2.75) is 27.2 Å². The minimum Gasteiger partial charge on any atom is -0.400 e. The Hall–Kier alpha value is -2.71. The van der Waals surface area contributed by atoms with Gasteiger partial charge in [-0.3, -0.25) is 5.09 Å². The van der Waals surface area contributed by atoms with Crippen LogP contribution in [0.4, 0.5) is 5.69 Å². The molecule has 0 saturated carbocycles. The zero-order valence-electron chi connectivity index (χ0n) is 15.8. The minimum absolute atomic E-state index is 0.480. The molecule has 0 spiro atoms. The number of benzene rings is 3. The molecule has 0 unspecified atom stereocenters. The topological polar surface area (TPSA) is 47.6 Å². The lowest BCUT2D eigenvalue weighted by Gasteiger charge is -2.21. The summed E-state index contributed by atoms with van der Waals surface area (Å²) in [4.78, 5) is 0. The summed E-state index contributed by atoms with van der Waals surface area (Å²) in [6.07, 6.45) is 0.942. The van der Waals surface area contributed by atoms with E-state index < -0.39 is 7.75 Å². The van der Waals surface area contributed by atoms with Crippen LogP contribution >= 0.6 is 7.75 Å². The highest BCUT2D eigenvalue weighted by Crippen LogP contribution is 2.48.